The van der Waals surface area contributed by atoms with Gasteiger partial charge in [0.1, 0.15) is 0 Å². The molecule has 0 aliphatic carbocycles. The van der Waals surface area contributed by atoms with E-state index < -0.39 is 0 Å². The first-order chi connectivity index (χ1) is 4.74. The zero-order valence-electron chi connectivity index (χ0n) is 6.23. The molecule has 0 unspecified atom stereocenters. The molecular weight excluding hydrogens is 120 g/mol. The third-order valence-electron chi connectivity index (χ3n) is 1.52. The molecule has 0 amide bonds. The van der Waals surface area contributed by atoms with Crippen LogP contribution in [0, 0.1) is 26.2 Å². The first-order valence-electron chi connectivity index (χ1n) is 3.24. The molecule has 0 aromatic heterocycles. The summed E-state index contributed by atoms with van der Waals surface area (Å²) in [4.78, 5) is 0. The summed E-state index contributed by atoms with van der Waals surface area (Å²) in [5.41, 5.74) is 3.23. The van der Waals surface area contributed by atoms with Crippen LogP contribution in [0.4, 0.5) is 0 Å². The zero-order chi connectivity index (χ0) is 7.56. The van der Waals surface area contributed by atoms with E-state index >= 15 is 0 Å². The normalized spacial score (nSPS) is 8.90. The number of hydrogen-bond donors (Lipinski definition) is 0. The van der Waals surface area contributed by atoms with Gasteiger partial charge in [0.15, 0.2) is 0 Å². The lowest BCUT2D eigenvalue weighted by molar-refractivity contribution is 1.36. The van der Waals surface area contributed by atoms with E-state index in [9.17, 15) is 0 Å². The highest BCUT2D eigenvalue weighted by Gasteiger charge is 1.92. The highest BCUT2D eigenvalue weighted by Crippen LogP contribution is 2.08. The summed E-state index contributed by atoms with van der Waals surface area (Å²) < 4.78 is 0. The lowest BCUT2D eigenvalue weighted by atomic mass is 10.1. The lowest BCUT2D eigenvalue weighted by Crippen LogP contribution is -1.81. The highest BCUT2D eigenvalue weighted by molar-refractivity contribution is 5.39. The summed E-state index contributed by atoms with van der Waals surface area (Å²) >= 11 is 0. The maximum atomic E-state index is 6.91. The van der Waals surface area contributed by atoms with Gasteiger partial charge < -0.3 is 0 Å². The summed E-state index contributed by atoms with van der Waals surface area (Å²) in [6.45, 7) is 4.03. The predicted molar refractivity (Wildman–Crippen MR) is 42.1 cm³/mol. The second kappa shape index (κ2) is 2.58. The van der Waals surface area contributed by atoms with E-state index in [1.165, 1.54) is 5.56 Å². The van der Waals surface area contributed by atoms with Gasteiger partial charge in [0.05, 0.1) is 0 Å². The molecule has 0 fully saturated rings. The Balaban J connectivity index is 3.23. The van der Waals surface area contributed by atoms with Crippen molar-refractivity contribution in [2.45, 2.75) is 13.8 Å². The van der Waals surface area contributed by atoms with E-state index in [2.05, 4.69) is 12.0 Å². The summed E-state index contributed by atoms with van der Waals surface area (Å²) in [5.74, 6) is 2.37. The van der Waals surface area contributed by atoms with E-state index in [1.807, 2.05) is 26.0 Å². The molecular formula is C10H9. The zero-order valence-corrected chi connectivity index (χ0v) is 6.23. The molecule has 1 rings (SSSR count). The van der Waals surface area contributed by atoms with Crippen molar-refractivity contribution in [2.24, 2.45) is 0 Å². The average molecular weight is 129 g/mol. The minimum Gasteiger partial charge on any atom is -0.0581 e. The third-order valence-corrected chi connectivity index (χ3v) is 1.52. The lowest BCUT2D eigenvalue weighted by Gasteiger charge is -1.97. The second-order valence-corrected chi connectivity index (χ2v) is 2.44. The Morgan fingerprint density at radius 2 is 2.00 bits per heavy atom. The van der Waals surface area contributed by atoms with Gasteiger partial charge in [-0.3, -0.25) is 0 Å². The molecule has 0 spiro atoms. The Labute approximate surface area is 61.9 Å². The second-order valence-electron chi connectivity index (χ2n) is 2.44. The Bertz CT molecular complexity index is 277. The Morgan fingerprint density at radius 3 is 2.50 bits per heavy atom. The van der Waals surface area contributed by atoms with Crippen LogP contribution in [0.25, 0.3) is 0 Å². The van der Waals surface area contributed by atoms with Crippen LogP contribution in [0.15, 0.2) is 18.2 Å². The largest absolute Gasteiger partial charge is 0.0581 e. The maximum absolute atomic E-state index is 6.91. The fraction of sp³-hybridized carbons (Fsp3) is 0.200. The van der Waals surface area contributed by atoms with Crippen molar-refractivity contribution >= 4 is 0 Å². The van der Waals surface area contributed by atoms with E-state index in [0.717, 1.165) is 11.1 Å². The molecule has 0 aliphatic rings. The van der Waals surface area contributed by atoms with Crippen molar-refractivity contribution in [1.82, 2.24) is 0 Å². The van der Waals surface area contributed by atoms with Crippen LogP contribution in [0.5, 0.6) is 0 Å². The van der Waals surface area contributed by atoms with Crippen LogP contribution >= 0.6 is 0 Å². The van der Waals surface area contributed by atoms with Crippen LogP contribution < -0.4 is 0 Å². The molecule has 1 aromatic rings. The van der Waals surface area contributed by atoms with Crippen molar-refractivity contribution in [3.8, 4) is 5.92 Å². The maximum Gasteiger partial charge on any atom is 0.0284 e. The molecule has 0 heterocycles. The van der Waals surface area contributed by atoms with E-state index in [-0.39, 0.29) is 0 Å². The van der Waals surface area contributed by atoms with Gasteiger partial charge in [-0.15, -0.1) is 0 Å². The van der Waals surface area contributed by atoms with Gasteiger partial charge in [0.2, 0.25) is 0 Å². The molecule has 49 valence electrons. The summed E-state index contributed by atoms with van der Waals surface area (Å²) in [5, 5.41) is 0. The monoisotopic (exact) mass is 129 g/mol. The highest BCUT2D eigenvalue weighted by atomic mass is 14.0. The SMILES string of the molecule is [C]#Cc1ccc(C)cc1C. The van der Waals surface area contributed by atoms with Crippen molar-refractivity contribution in [1.29, 1.82) is 0 Å². The van der Waals surface area contributed by atoms with Crippen LogP contribution in [0.2, 0.25) is 0 Å². The molecule has 0 N–H and O–H groups in total. The van der Waals surface area contributed by atoms with Gasteiger partial charge in [-0.25, -0.2) is 0 Å². The summed E-state index contributed by atoms with van der Waals surface area (Å²) in [7, 11) is 0. The van der Waals surface area contributed by atoms with Gasteiger partial charge in [-0.2, -0.15) is 0 Å². The Morgan fingerprint density at radius 1 is 1.30 bits per heavy atom. The summed E-state index contributed by atoms with van der Waals surface area (Å²) in [6.07, 6.45) is 6.91. The smallest absolute Gasteiger partial charge is 0.0284 e. The number of rotatable bonds is 0. The van der Waals surface area contributed by atoms with Crippen LogP contribution in [-0.4, -0.2) is 0 Å². The minimum absolute atomic E-state index is 0.880. The van der Waals surface area contributed by atoms with E-state index in [4.69, 9.17) is 6.42 Å². The standard InChI is InChI=1S/C10H9/c1-4-10-6-5-8(2)7-9(10)3/h5-7H,2-3H3. The van der Waals surface area contributed by atoms with E-state index in [0.29, 0.717) is 0 Å². The van der Waals surface area contributed by atoms with Gasteiger partial charge in [-0.05, 0) is 31.9 Å². The van der Waals surface area contributed by atoms with Crippen molar-refractivity contribution in [3.63, 3.8) is 0 Å². The number of aryl methyl sites for hydroxylation is 2. The van der Waals surface area contributed by atoms with Gasteiger partial charge in [0.25, 0.3) is 0 Å². The van der Waals surface area contributed by atoms with Crippen molar-refractivity contribution in [2.75, 3.05) is 0 Å². The molecule has 10 heavy (non-hydrogen) atoms. The number of benzene rings is 1. The van der Waals surface area contributed by atoms with Crippen LogP contribution in [-0.2, 0) is 0 Å². The molecule has 0 nitrogen and oxygen atoms in total. The van der Waals surface area contributed by atoms with Gasteiger partial charge in [-0.1, -0.05) is 23.6 Å². The third kappa shape index (κ3) is 1.19. The molecule has 0 saturated heterocycles. The molecule has 0 atom stereocenters. The Kier molecular flexibility index (Phi) is 1.78. The minimum atomic E-state index is 0.880. The van der Waals surface area contributed by atoms with Gasteiger partial charge >= 0.3 is 0 Å². The van der Waals surface area contributed by atoms with E-state index in [1.54, 1.807) is 0 Å². The first kappa shape index (κ1) is 6.89. The molecule has 1 radical (unpaired) electrons. The molecule has 0 aliphatic heterocycles. The van der Waals surface area contributed by atoms with Crippen molar-refractivity contribution < 1.29 is 0 Å². The van der Waals surface area contributed by atoms with Crippen LogP contribution in [0.1, 0.15) is 16.7 Å². The quantitative estimate of drug-likeness (QED) is 0.471. The fourth-order valence-electron chi connectivity index (χ4n) is 0.954. The Hall–Kier alpha value is -1.22. The average Bonchev–Trinajstić information content (AvgIpc) is 1.88. The fourth-order valence-corrected chi connectivity index (χ4v) is 0.954. The van der Waals surface area contributed by atoms with Crippen molar-refractivity contribution in [3.05, 3.63) is 41.3 Å². The molecule has 0 heteroatoms. The topological polar surface area (TPSA) is 0 Å². The predicted octanol–water partition coefficient (Wildman–Crippen LogP) is 2.24. The molecule has 1 aromatic carbocycles. The first-order valence-corrected chi connectivity index (χ1v) is 3.24. The molecule has 0 saturated carbocycles. The van der Waals surface area contributed by atoms with Gasteiger partial charge in [0, 0.05) is 5.56 Å². The van der Waals surface area contributed by atoms with Crippen LogP contribution in [0.3, 0.4) is 0 Å². The number of hydrogen-bond acceptors (Lipinski definition) is 0. The summed E-state index contributed by atoms with van der Waals surface area (Å²) in [6, 6.07) is 5.96. The molecule has 0 bridgehead atoms.